The number of H-pyrrole nitrogens is 1. The lowest BCUT2D eigenvalue weighted by atomic mass is 9.91. The number of piperidine rings is 2. The minimum Gasteiger partial charge on any atom is -0.386 e. The summed E-state index contributed by atoms with van der Waals surface area (Å²) in [6.45, 7) is 3.23. The van der Waals surface area contributed by atoms with E-state index in [9.17, 15) is 27.6 Å². The van der Waals surface area contributed by atoms with Crippen LogP contribution in [0, 0.1) is 5.92 Å². The lowest BCUT2D eigenvalue weighted by Gasteiger charge is -2.45. The van der Waals surface area contributed by atoms with Gasteiger partial charge in [-0.15, -0.1) is 0 Å². The number of carbonyl (C=O) groups is 2. The predicted molar refractivity (Wildman–Crippen MR) is 206 cm³/mol. The van der Waals surface area contributed by atoms with Gasteiger partial charge in [0.2, 0.25) is 11.8 Å². The molecule has 2 amide bonds. The molecule has 15 heteroatoms. The van der Waals surface area contributed by atoms with E-state index >= 15 is 0 Å². The number of alkyl halides is 3. The Labute approximate surface area is 322 Å². The quantitative estimate of drug-likeness (QED) is 0.234. The molecule has 4 aliphatic rings. The summed E-state index contributed by atoms with van der Waals surface area (Å²) in [6, 6.07) is 11.7. The number of halogens is 4. The molecule has 55 heavy (non-hydrogen) atoms. The predicted octanol–water partition coefficient (Wildman–Crippen LogP) is 5.77. The monoisotopic (exact) mass is 780 g/mol. The van der Waals surface area contributed by atoms with Gasteiger partial charge >= 0.3 is 11.9 Å². The fourth-order valence-electron chi connectivity index (χ4n) is 9.83. The number of rotatable bonds is 8. The molecule has 0 spiro atoms. The molecule has 11 nitrogen and oxygen atoms in total. The van der Waals surface area contributed by atoms with E-state index in [1.807, 2.05) is 24.3 Å². The summed E-state index contributed by atoms with van der Waals surface area (Å²) in [5.41, 5.74) is 1.11. The number of piperazine rings is 1. The molecule has 0 saturated carbocycles. The summed E-state index contributed by atoms with van der Waals surface area (Å²) >= 11 is 6.36. The number of imidazole rings is 1. The number of para-hydroxylation sites is 1. The van der Waals surface area contributed by atoms with Crippen molar-refractivity contribution < 1.29 is 22.8 Å². The van der Waals surface area contributed by atoms with Gasteiger partial charge in [-0.3, -0.25) is 24.0 Å². The van der Waals surface area contributed by atoms with Crippen molar-refractivity contribution in [2.75, 3.05) is 58.7 Å². The summed E-state index contributed by atoms with van der Waals surface area (Å²) in [7, 11) is 3.61. The minimum absolute atomic E-state index is 0.0575. The number of amides is 2. The molecule has 294 valence electrons. The van der Waals surface area contributed by atoms with Gasteiger partial charge in [-0.1, -0.05) is 29.8 Å². The number of benzene rings is 2. The first-order chi connectivity index (χ1) is 26.4. The maximum absolute atomic E-state index is 14.3. The molecule has 2 unspecified atom stereocenters. The smallest absolute Gasteiger partial charge is 0.386 e. The van der Waals surface area contributed by atoms with Crippen LogP contribution in [0.1, 0.15) is 62.1 Å². The summed E-state index contributed by atoms with van der Waals surface area (Å²) < 4.78 is 44.2. The van der Waals surface area contributed by atoms with Crippen molar-refractivity contribution in [3.63, 3.8) is 0 Å². The third kappa shape index (κ3) is 7.33. The molecule has 8 rings (SSSR count). The second-order valence-corrected chi connectivity index (χ2v) is 16.2. The van der Waals surface area contributed by atoms with Crippen LogP contribution in [0.15, 0.2) is 47.4 Å². The molecule has 2 N–H and O–H groups in total. The van der Waals surface area contributed by atoms with Gasteiger partial charge < -0.3 is 25.0 Å². The van der Waals surface area contributed by atoms with Crippen molar-refractivity contribution >= 4 is 51.0 Å². The molecule has 4 aliphatic heterocycles. The third-order valence-electron chi connectivity index (χ3n) is 12.8. The highest BCUT2D eigenvalue weighted by Gasteiger charge is 2.42. The normalized spacial score (nSPS) is 23.5. The zero-order chi connectivity index (χ0) is 38.6. The molecule has 6 heterocycles. The average Bonchev–Trinajstić information content (AvgIpc) is 3.60. The Morgan fingerprint density at radius 1 is 0.945 bits per heavy atom. The fourth-order valence-corrected chi connectivity index (χ4v) is 10.2. The van der Waals surface area contributed by atoms with Gasteiger partial charge in [-0.2, -0.15) is 13.2 Å². The first-order valence-corrected chi connectivity index (χ1v) is 19.8. The van der Waals surface area contributed by atoms with Gasteiger partial charge in [0.15, 0.2) is 0 Å². The maximum Gasteiger partial charge on any atom is 0.418 e. The van der Waals surface area contributed by atoms with E-state index in [0.717, 1.165) is 48.4 Å². The van der Waals surface area contributed by atoms with Crippen LogP contribution in [-0.2, 0) is 22.2 Å². The molecule has 4 aromatic rings. The maximum atomic E-state index is 14.3. The molecule has 0 radical (unpaired) electrons. The number of pyridine rings is 1. The third-order valence-corrected chi connectivity index (χ3v) is 13.1. The van der Waals surface area contributed by atoms with Gasteiger partial charge in [0.1, 0.15) is 0 Å². The van der Waals surface area contributed by atoms with E-state index in [2.05, 4.69) is 32.1 Å². The Bertz CT molecular complexity index is 2130. The van der Waals surface area contributed by atoms with Crippen LogP contribution in [0.5, 0.6) is 0 Å². The number of aromatic amines is 1. The van der Waals surface area contributed by atoms with Crippen molar-refractivity contribution in [2.24, 2.45) is 5.92 Å². The molecular formula is C40H48ClF3N8O3. The van der Waals surface area contributed by atoms with E-state index in [1.54, 1.807) is 20.6 Å². The molecular weight excluding hydrogens is 733 g/mol. The topological polar surface area (TPSA) is 110 Å². The second kappa shape index (κ2) is 15.1. The Kier molecular flexibility index (Phi) is 10.4. The van der Waals surface area contributed by atoms with Crippen LogP contribution in [0.4, 0.5) is 18.9 Å². The zero-order valence-electron chi connectivity index (χ0n) is 31.2. The van der Waals surface area contributed by atoms with Crippen LogP contribution < -0.4 is 11.0 Å². The van der Waals surface area contributed by atoms with Crippen LogP contribution in [0.2, 0.25) is 5.02 Å². The molecule has 4 saturated heterocycles. The Morgan fingerprint density at radius 3 is 2.31 bits per heavy atom. The number of carbonyl (C=O) groups excluding carboxylic acids is 2. The standard InChI is InChI=1S/C40H48ClF3N8O3/c1-45-37-31(40(42,43)44)18-24(19-32(37)41)17-25(38(54)51-15-13-49(14-16-51)29-21-27-7-8-28(22-29)48(27)2)20-35(53)50-11-9-26(10-12-50)52-34-23-46-33-6-4-3-5-30(33)36(34)47-39(52)55/h3-6,18-19,23,25-29,45H,7-17,20-22H2,1-2H3,(H,47,55)/t25-,27?,28?,29?/m0/s1. The van der Waals surface area contributed by atoms with Crippen molar-refractivity contribution in [1.82, 2.24) is 34.1 Å². The number of fused-ring (bicyclic) bond motifs is 5. The zero-order valence-corrected chi connectivity index (χ0v) is 32.0. The first kappa shape index (κ1) is 37.8. The van der Waals surface area contributed by atoms with Crippen molar-refractivity contribution in [2.45, 2.75) is 81.7 Å². The molecule has 4 fully saturated rings. The molecule has 2 aromatic heterocycles. The van der Waals surface area contributed by atoms with Crippen LogP contribution >= 0.6 is 11.6 Å². The lowest BCUT2D eigenvalue weighted by Crippen LogP contribution is -2.56. The van der Waals surface area contributed by atoms with Gasteiger partial charge in [0.05, 0.1) is 44.9 Å². The van der Waals surface area contributed by atoms with Crippen molar-refractivity contribution in [3.05, 3.63) is 69.2 Å². The number of hydrogen-bond donors (Lipinski definition) is 2. The summed E-state index contributed by atoms with van der Waals surface area (Å²) in [6.07, 6.45) is 2.62. The van der Waals surface area contributed by atoms with Gasteiger partial charge in [0, 0.05) is 82.3 Å². The fraction of sp³-hybridized carbons (Fsp3) is 0.550. The first-order valence-electron chi connectivity index (χ1n) is 19.5. The number of likely N-dealkylation sites (tertiary alicyclic amines) is 1. The summed E-state index contributed by atoms with van der Waals surface area (Å²) in [4.78, 5) is 57.6. The summed E-state index contributed by atoms with van der Waals surface area (Å²) in [5.74, 6) is -1.33. The highest BCUT2D eigenvalue weighted by atomic mass is 35.5. The van der Waals surface area contributed by atoms with Crippen LogP contribution in [-0.4, -0.2) is 117 Å². The lowest BCUT2D eigenvalue weighted by molar-refractivity contribution is -0.143. The number of nitrogens with zero attached hydrogens (tertiary/aromatic N) is 6. The van der Waals surface area contributed by atoms with Gasteiger partial charge in [-0.05, 0) is 75.8 Å². The summed E-state index contributed by atoms with van der Waals surface area (Å²) in [5, 5.41) is 3.32. The highest BCUT2D eigenvalue weighted by Crippen LogP contribution is 2.41. The van der Waals surface area contributed by atoms with Crippen LogP contribution in [0.3, 0.4) is 0 Å². The van der Waals surface area contributed by atoms with E-state index in [4.69, 9.17) is 11.6 Å². The largest absolute Gasteiger partial charge is 0.418 e. The minimum atomic E-state index is -4.67. The van der Waals surface area contributed by atoms with Crippen LogP contribution in [0.25, 0.3) is 21.9 Å². The van der Waals surface area contributed by atoms with E-state index in [0.29, 0.717) is 62.7 Å². The van der Waals surface area contributed by atoms with E-state index in [1.165, 1.54) is 26.0 Å². The Hall–Kier alpha value is -4.14. The number of anilines is 1. The average molecular weight is 781 g/mol. The number of hydrogen-bond acceptors (Lipinski definition) is 7. The molecule has 2 aromatic carbocycles. The number of aromatic nitrogens is 3. The van der Waals surface area contributed by atoms with E-state index in [-0.39, 0.29) is 52.7 Å². The highest BCUT2D eigenvalue weighted by molar-refractivity contribution is 6.33. The Morgan fingerprint density at radius 2 is 1.64 bits per heavy atom. The van der Waals surface area contributed by atoms with Crippen molar-refractivity contribution in [3.8, 4) is 0 Å². The van der Waals surface area contributed by atoms with E-state index < -0.39 is 17.7 Å². The van der Waals surface area contributed by atoms with Gasteiger partial charge in [0.25, 0.3) is 0 Å². The molecule has 0 aliphatic carbocycles. The molecule has 3 atom stereocenters. The van der Waals surface area contributed by atoms with Crippen molar-refractivity contribution in [1.29, 1.82) is 0 Å². The SMILES string of the molecule is CNc1c(Cl)cc(C[C@@H](CC(=O)N2CCC(n3c(=O)[nH]c4c5ccccc5ncc43)CC2)C(=O)N2CCN(C3CC4CCC(C3)N4C)CC2)cc1C(F)(F)F. The Balaban J connectivity index is 0.977. The second-order valence-electron chi connectivity index (χ2n) is 15.8. The van der Waals surface area contributed by atoms with Gasteiger partial charge in [-0.25, -0.2) is 4.79 Å². The molecule has 2 bridgehead atoms. The number of nitrogens with one attached hydrogen (secondary N) is 2.